The second-order valence-electron chi connectivity index (χ2n) is 6.36. The lowest BCUT2D eigenvalue weighted by atomic mass is 10.1. The minimum atomic E-state index is -4.43. The molecule has 0 unspecified atom stereocenters. The highest BCUT2D eigenvalue weighted by Gasteiger charge is 2.36. The summed E-state index contributed by atoms with van der Waals surface area (Å²) < 4.78 is 44.4. The number of primary amides is 1. The van der Waals surface area contributed by atoms with Crippen molar-refractivity contribution in [2.24, 2.45) is 5.73 Å². The smallest absolute Gasteiger partial charge is 0.364 e. The molecule has 0 bridgehead atoms. The van der Waals surface area contributed by atoms with Crippen molar-refractivity contribution in [3.63, 3.8) is 0 Å². The molecule has 1 heterocycles. The van der Waals surface area contributed by atoms with E-state index in [0.29, 0.717) is 27.5 Å². The molecule has 0 fully saturated rings. The zero-order valence-electron chi connectivity index (χ0n) is 15.3. The van der Waals surface area contributed by atoms with E-state index in [-0.39, 0.29) is 12.3 Å². The van der Waals surface area contributed by atoms with Gasteiger partial charge in [0, 0.05) is 10.6 Å². The van der Waals surface area contributed by atoms with E-state index in [0.717, 1.165) is 6.92 Å². The van der Waals surface area contributed by atoms with E-state index in [4.69, 9.17) is 22.1 Å². The van der Waals surface area contributed by atoms with E-state index in [1.165, 1.54) is 10.7 Å². The third-order valence-corrected chi connectivity index (χ3v) is 4.47. The third kappa shape index (κ3) is 4.96. The highest BCUT2D eigenvalue weighted by Crippen LogP contribution is 2.27. The SMILES string of the molecule is C[C@@H](OCc1cccc(-c2cc(C(N)=O)nn2-c2ccc(Cl)cc2)c1)C(F)(F)F. The largest absolute Gasteiger partial charge is 0.414 e. The molecule has 0 aliphatic rings. The van der Waals surface area contributed by atoms with Gasteiger partial charge in [-0.25, -0.2) is 4.68 Å². The molecule has 0 aliphatic carbocycles. The molecule has 0 spiro atoms. The number of alkyl halides is 3. The molecule has 1 amide bonds. The van der Waals surface area contributed by atoms with Crippen LogP contribution in [0.3, 0.4) is 0 Å². The fraction of sp³-hybridized carbons (Fsp3) is 0.200. The van der Waals surface area contributed by atoms with E-state index in [1.807, 2.05) is 0 Å². The van der Waals surface area contributed by atoms with Crippen molar-refractivity contribution < 1.29 is 22.7 Å². The molecule has 0 saturated heterocycles. The van der Waals surface area contributed by atoms with Gasteiger partial charge in [0.2, 0.25) is 0 Å². The van der Waals surface area contributed by atoms with Crippen molar-refractivity contribution >= 4 is 17.5 Å². The molecule has 29 heavy (non-hydrogen) atoms. The maximum Gasteiger partial charge on any atom is 0.414 e. The van der Waals surface area contributed by atoms with Gasteiger partial charge >= 0.3 is 6.18 Å². The Morgan fingerprint density at radius 1 is 1.21 bits per heavy atom. The minimum Gasteiger partial charge on any atom is -0.364 e. The number of aromatic nitrogens is 2. The summed E-state index contributed by atoms with van der Waals surface area (Å²) in [7, 11) is 0. The summed E-state index contributed by atoms with van der Waals surface area (Å²) in [6.07, 6.45) is -6.31. The molecule has 0 aliphatic heterocycles. The number of hydrogen-bond donors (Lipinski definition) is 1. The van der Waals surface area contributed by atoms with Crippen molar-refractivity contribution in [3.8, 4) is 16.9 Å². The zero-order chi connectivity index (χ0) is 21.2. The van der Waals surface area contributed by atoms with Crippen LogP contribution in [-0.4, -0.2) is 28.0 Å². The summed E-state index contributed by atoms with van der Waals surface area (Å²) >= 11 is 5.93. The predicted molar refractivity (Wildman–Crippen MR) is 103 cm³/mol. The normalized spacial score (nSPS) is 12.7. The Morgan fingerprint density at radius 2 is 1.90 bits per heavy atom. The number of amides is 1. The maximum atomic E-state index is 12.7. The van der Waals surface area contributed by atoms with Gasteiger partial charge < -0.3 is 10.5 Å². The van der Waals surface area contributed by atoms with E-state index in [9.17, 15) is 18.0 Å². The van der Waals surface area contributed by atoms with Crippen molar-refractivity contribution in [1.29, 1.82) is 0 Å². The number of benzene rings is 2. The van der Waals surface area contributed by atoms with E-state index < -0.39 is 18.2 Å². The summed E-state index contributed by atoms with van der Waals surface area (Å²) in [5.41, 5.74) is 7.80. The molecule has 2 N–H and O–H groups in total. The average Bonchev–Trinajstić information content (AvgIpc) is 3.12. The monoisotopic (exact) mass is 423 g/mol. The number of carbonyl (C=O) groups excluding carboxylic acids is 1. The van der Waals surface area contributed by atoms with Gasteiger partial charge in [-0.05, 0) is 48.9 Å². The molecular formula is C20H17ClF3N3O2. The van der Waals surface area contributed by atoms with Crippen molar-refractivity contribution in [1.82, 2.24) is 9.78 Å². The first-order valence-corrected chi connectivity index (χ1v) is 8.96. The molecule has 0 saturated carbocycles. The number of ether oxygens (including phenoxy) is 1. The molecule has 2 aromatic carbocycles. The van der Waals surface area contributed by atoms with Crippen LogP contribution in [0.5, 0.6) is 0 Å². The highest BCUT2D eigenvalue weighted by molar-refractivity contribution is 6.30. The minimum absolute atomic E-state index is 0.0577. The molecule has 0 radical (unpaired) electrons. The fourth-order valence-electron chi connectivity index (χ4n) is 2.62. The van der Waals surface area contributed by atoms with Crippen molar-refractivity contribution in [2.75, 3.05) is 0 Å². The van der Waals surface area contributed by atoms with E-state index in [2.05, 4.69) is 5.10 Å². The molecular weight excluding hydrogens is 407 g/mol. The molecule has 152 valence electrons. The predicted octanol–water partition coefficient (Wildman–Crippen LogP) is 4.76. The van der Waals surface area contributed by atoms with Crippen LogP contribution in [0.2, 0.25) is 5.02 Å². The van der Waals surface area contributed by atoms with Crippen LogP contribution < -0.4 is 5.73 Å². The van der Waals surface area contributed by atoms with Gasteiger partial charge in [0.05, 0.1) is 18.0 Å². The van der Waals surface area contributed by atoms with Gasteiger partial charge in [0.25, 0.3) is 5.91 Å². The van der Waals surface area contributed by atoms with Gasteiger partial charge in [0.1, 0.15) is 0 Å². The zero-order valence-corrected chi connectivity index (χ0v) is 16.0. The second-order valence-corrected chi connectivity index (χ2v) is 6.80. The number of nitrogens with two attached hydrogens (primary N) is 1. The molecule has 9 heteroatoms. The lowest BCUT2D eigenvalue weighted by molar-refractivity contribution is -0.217. The third-order valence-electron chi connectivity index (χ3n) is 4.22. The molecule has 3 aromatic rings. The fourth-order valence-corrected chi connectivity index (χ4v) is 2.75. The van der Waals surface area contributed by atoms with Gasteiger partial charge in [-0.2, -0.15) is 18.3 Å². The van der Waals surface area contributed by atoms with E-state index in [1.54, 1.807) is 48.5 Å². The van der Waals surface area contributed by atoms with Crippen molar-refractivity contribution in [3.05, 3.63) is 70.9 Å². The first kappa shape index (κ1) is 20.9. The van der Waals surface area contributed by atoms with Gasteiger partial charge in [-0.3, -0.25) is 4.79 Å². The Balaban J connectivity index is 1.96. The lowest BCUT2D eigenvalue weighted by Crippen LogP contribution is -2.28. The number of carbonyl (C=O) groups is 1. The van der Waals surface area contributed by atoms with Crippen LogP contribution in [-0.2, 0) is 11.3 Å². The Morgan fingerprint density at radius 3 is 2.52 bits per heavy atom. The van der Waals surface area contributed by atoms with Crippen LogP contribution in [0.15, 0.2) is 54.6 Å². The highest BCUT2D eigenvalue weighted by atomic mass is 35.5. The number of halogens is 4. The van der Waals surface area contributed by atoms with Gasteiger partial charge in [-0.15, -0.1) is 0 Å². The maximum absolute atomic E-state index is 12.7. The number of rotatable bonds is 6. The summed E-state index contributed by atoms with van der Waals surface area (Å²) in [5, 5.41) is 4.78. The standard InChI is InChI=1S/C20H17ClF3N3O2/c1-12(20(22,23)24)29-11-13-3-2-4-14(9-13)18-10-17(19(25)28)26-27(18)16-7-5-15(21)6-8-16/h2-10,12H,11H2,1H3,(H2,25,28)/t12-/m1/s1. The number of nitrogens with zero attached hydrogens (tertiary/aromatic N) is 2. The molecule has 5 nitrogen and oxygen atoms in total. The van der Waals surface area contributed by atoms with Crippen LogP contribution in [0, 0.1) is 0 Å². The van der Waals surface area contributed by atoms with Crippen LogP contribution in [0.4, 0.5) is 13.2 Å². The number of hydrogen-bond acceptors (Lipinski definition) is 3. The van der Waals surface area contributed by atoms with Crippen LogP contribution >= 0.6 is 11.6 Å². The summed E-state index contributed by atoms with van der Waals surface area (Å²) in [6, 6.07) is 15.1. The molecule has 3 rings (SSSR count). The van der Waals surface area contributed by atoms with Crippen LogP contribution in [0.25, 0.3) is 16.9 Å². The Bertz CT molecular complexity index is 1020. The molecule has 1 aromatic heterocycles. The summed E-state index contributed by atoms with van der Waals surface area (Å²) in [6.45, 7) is 0.741. The van der Waals surface area contributed by atoms with Gasteiger partial charge in [-0.1, -0.05) is 29.8 Å². The Kier molecular flexibility index (Phi) is 5.95. The quantitative estimate of drug-likeness (QED) is 0.621. The topological polar surface area (TPSA) is 70.1 Å². The average molecular weight is 424 g/mol. The molecule has 1 atom stereocenters. The Labute approximate surface area is 169 Å². The summed E-state index contributed by atoms with van der Waals surface area (Å²) in [5.74, 6) is -0.697. The second kappa shape index (κ2) is 8.26. The van der Waals surface area contributed by atoms with Gasteiger partial charge in [0.15, 0.2) is 11.8 Å². The van der Waals surface area contributed by atoms with E-state index >= 15 is 0 Å². The first-order valence-electron chi connectivity index (χ1n) is 8.58. The Hall–Kier alpha value is -2.84. The van der Waals surface area contributed by atoms with Crippen molar-refractivity contribution in [2.45, 2.75) is 25.8 Å². The summed E-state index contributed by atoms with van der Waals surface area (Å²) in [4.78, 5) is 11.6. The van der Waals surface area contributed by atoms with Crippen LogP contribution in [0.1, 0.15) is 23.0 Å². The lowest BCUT2D eigenvalue weighted by Gasteiger charge is -2.16. The first-order chi connectivity index (χ1) is 13.6.